The number of amides is 4. The monoisotopic (exact) mass is 366 g/mol. The third-order valence-corrected chi connectivity index (χ3v) is 4.64. The lowest BCUT2D eigenvalue weighted by Gasteiger charge is -2.28. The van der Waals surface area contributed by atoms with Crippen molar-refractivity contribution >= 4 is 24.1 Å². The molecule has 2 fully saturated rings. The van der Waals surface area contributed by atoms with Gasteiger partial charge in [0.15, 0.2) is 5.92 Å². The first-order valence-corrected chi connectivity index (χ1v) is 9.59. The topological polar surface area (TPSA) is 91.3 Å². The van der Waals surface area contributed by atoms with E-state index in [1.165, 1.54) is 6.21 Å². The number of carbonyl (C=O) groups is 3. The van der Waals surface area contributed by atoms with Gasteiger partial charge in [0.1, 0.15) is 0 Å². The fourth-order valence-corrected chi connectivity index (χ4v) is 3.06. The number of unbranched alkanes of at least 4 members (excludes halogenated alkanes) is 3. The molecule has 0 spiro atoms. The summed E-state index contributed by atoms with van der Waals surface area (Å²) in [6.45, 7) is 7.32. The summed E-state index contributed by atoms with van der Waals surface area (Å²) >= 11 is 0. The Kier molecular flexibility index (Phi) is 8.70. The summed E-state index contributed by atoms with van der Waals surface area (Å²) in [4.78, 5) is 44.0. The molecule has 0 aromatic carbocycles. The Labute approximate surface area is 154 Å². The first-order chi connectivity index (χ1) is 12.6. The second-order valence-corrected chi connectivity index (χ2v) is 6.69. The maximum absolute atomic E-state index is 12.5. The summed E-state index contributed by atoms with van der Waals surface area (Å²) in [5.41, 5.74) is 0. The first-order valence-electron chi connectivity index (χ1n) is 9.59. The molecule has 0 aromatic heterocycles. The fourth-order valence-electron chi connectivity index (χ4n) is 3.06. The molecule has 0 unspecified atom stereocenters. The van der Waals surface area contributed by atoms with E-state index in [9.17, 15) is 14.4 Å². The number of morpholine rings is 1. The van der Waals surface area contributed by atoms with E-state index in [2.05, 4.69) is 22.1 Å². The van der Waals surface area contributed by atoms with Crippen LogP contribution in [0.25, 0.3) is 0 Å². The van der Waals surface area contributed by atoms with Gasteiger partial charge in [-0.15, -0.1) is 0 Å². The van der Waals surface area contributed by atoms with E-state index in [1.807, 2.05) is 0 Å². The number of hydrogen-bond acceptors (Lipinski definition) is 6. The smallest absolute Gasteiger partial charge is 0.330 e. The minimum absolute atomic E-state index is 0.347. The van der Waals surface area contributed by atoms with Gasteiger partial charge < -0.3 is 4.74 Å². The molecular formula is C18H30N4O4. The minimum atomic E-state index is -0.998. The van der Waals surface area contributed by atoms with E-state index in [4.69, 9.17) is 4.74 Å². The third kappa shape index (κ3) is 6.17. The van der Waals surface area contributed by atoms with Crippen LogP contribution in [0.4, 0.5) is 4.79 Å². The van der Waals surface area contributed by atoms with Crippen molar-refractivity contribution in [1.82, 2.24) is 15.1 Å². The van der Waals surface area contributed by atoms with Crippen molar-refractivity contribution in [3.8, 4) is 0 Å². The molecule has 0 radical (unpaired) electrons. The van der Waals surface area contributed by atoms with Crippen LogP contribution in [0.3, 0.4) is 0 Å². The number of nitrogens with zero attached hydrogens (tertiary/aromatic N) is 3. The second kappa shape index (κ2) is 11.0. The molecule has 2 saturated heterocycles. The number of carbonyl (C=O) groups excluding carboxylic acids is 3. The van der Waals surface area contributed by atoms with E-state index in [-0.39, 0.29) is 0 Å². The van der Waals surface area contributed by atoms with Gasteiger partial charge in [0.2, 0.25) is 11.8 Å². The zero-order valence-corrected chi connectivity index (χ0v) is 15.6. The van der Waals surface area contributed by atoms with Crippen molar-refractivity contribution in [3.63, 3.8) is 0 Å². The quantitative estimate of drug-likeness (QED) is 0.355. The molecular weight excluding hydrogens is 336 g/mol. The highest BCUT2D eigenvalue weighted by atomic mass is 16.5. The van der Waals surface area contributed by atoms with Gasteiger partial charge in [0.25, 0.3) is 0 Å². The van der Waals surface area contributed by atoms with Crippen LogP contribution < -0.4 is 5.32 Å². The van der Waals surface area contributed by atoms with Gasteiger partial charge >= 0.3 is 6.03 Å². The fraction of sp³-hybridized carbons (Fsp3) is 0.778. The van der Waals surface area contributed by atoms with Crippen LogP contribution in [0.5, 0.6) is 0 Å². The van der Waals surface area contributed by atoms with E-state index in [0.717, 1.165) is 69.9 Å². The second-order valence-electron chi connectivity index (χ2n) is 6.69. The van der Waals surface area contributed by atoms with E-state index in [0.29, 0.717) is 13.1 Å². The molecule has 26 heavy (non-hydrogen) atoms. The number of barbiturate groups is 1. The highest BCUT2D eigenvalue weighted by molar-refractivity contribution is 6.23. The lowest BCUT2D eigenvalue weighted by Crippen LogP contribution is -2.58. The Morgan fingerprint density at radius 2 is 1.88 bits per heavy atom. The molecule has 8 nitrogen and oxygen atoms in total. The summed E-state index contributed by atoms with van der Waals surface area (Å²) in [5, 5.41) is 2.26. The van der Waals surface area contributed by atoms with Gasteiger partial charge in [0.05, 0.1) is 13.2 Å². The van der Waals surface area contributed by atoms with Crippen LogP contribution in [-0.2, 0) is 14.3 Å². The van der Waals surface area contributed by atoms with Crippen molar-refractivity contribution < 1.29 is 19.1 Å². The molecule has 0 aliphatic carbocycles. The predicted octanol–water partition coefficient (Wildman–Crippen LogP) is 1.05. The number of urea groups is 1. The standard InChI is InChI=1S/C18H30N4O4/c1-2-3-4-5-9-22-17(24)15(16(23)20-18(22)25)14-19-7-6-8-21-10-12-26-13-11-21/h14-15H,2-13H2,1H3,(H,20,23,25)/t15-/m0/s1. The molecule has 0 saturated carbocycles. The van der Waals surface area contributed by atoms with E-state index in [1.54, 1.807) is 0 Å². The van der Waals surface area contributed by atoms with Crippen LogP contribution in [0.2, 0.25) is 0 Å². The molecule has 2 heterocycles. The van der Waals surface area contributed by atoms with Crippen LogP contribution in [-0.4, -0.2) is 79.8 Å². The lowest BCUT2D eigenvalue weighted by molar-refractivity contribution is -0.139. The SMILES string of the molecule is CCCCCCN1C(=O)NC(=O)[C@H](C=NCCCN2CCOCC2)C1=O. The number of ether oxygens (including phenoxy) is 1. The number of rotatable bonds is 10. The van der Waals surface area contributed by atoms with Gasteiger partial charge in [-0.1, -0.05) is 26.2 Å². The van der Waals surface area contributed by atoms with E-state index >= 15 is 0 Å². The summed E-state index contributed by atoms with van der Waals surface area (Å²) < 4.78 is 5.30. The Morgan fingerprint density at radius 3 is 2.62 bits per heavy atom. The molecule has 0 bridgehead atoms. The predicted molar refractivity (Wildman–Crippen MR) is 98.1 cm³/mol. The van der Waals surface area contributed by atoms with Gasteiger partial charge in [-0.3, -0.25) is 29.7 Å². The summed E-state index contributed by atoms with van der Waals surface area (Å²) in [7, 11) is 0. The maximum atomic E-state index is 12.5. The van der Waals surface area contributed by atoms with Crippen molar-refractivity contribution in [1.29, 1.82) is 0 Å². The number of hydrogen-bond donors (Lipinski definition) is 1. The molecule has 4 amide bonds. The van der Waals surface area contributed by atoms with Gasteiger partial charge in [-0.2, -0.15) is 0 Å². The normalized spacial score (nSPS) is 22.3. The van der Waals surface area contributed by atoms with Crippen LogP contribution in [0.1, 0.15) is 39.0 Å². The molecule has 2 aliphatic heterocycles. The molecule has 2 aliphatic rings. The van der Waals surface area contributed by atoms with Crippen LogP contribution >= 0.6 is 0 Å². The summed E-state index contributed by atoms with van der Waals surface area (Å²) in [6.07, 6.45) is 6.11. The Bertz CT molecular complexity index is 517. The zero-order valence-electron chi connectivity index (χ0n) is 15.6. The third-order valence-electron chi connectivity index (χ3n) is 4.64. The Morgan fingerprint density at radius 1 is 1.12 bits per heavy atom. The first kappa shape index (κ1) is 20.5. The minimum Gasteiger partial charge on any atom is -0.379 e. The molecule has 1 N–H and O–H groups in total. The lowest BCUT2D eigenvalue weighted by atomic mass is 10.1. The van der Waals surface area contributed by atoms with Crippen LogP contribution in [0, 0.1) is 5.92 Å². The van der Waals surface area contributed by atoms with Crippen molar-refractivity contribution in [2.45, 2.75) is 39.0 Å². The molecule has 1 atom stereocenters. The summed E-state index contributed by atoms with van der Waals surface area (Å²) in [5.74, 6) is -2.05. The highest BCUT2D eigenvalue weighted by Gasteiger charge is 2.38. The van der Waals surface area contributed by atoms with Crippen molar-refractivity contribution in [2.24, 2.45) is 10.9 Å². The van der Waals surface area contributed by atoms with Crippen LogP contribution in [0.15, 0.2) is 4.99 Å². The van der Waals surface area contributed by atoms with Crippen molar-refractivity contribution in [2.75, 3.05) is 45.9 Å². The average Bonchev–Trinajstić information content (AvgIpc) is 2.64. The maximum Gasteiger partial charge on any atom is 0.330 e. The summed E-state index contributed by atoms with van der Waals surface area (Å²) in [6, 6.07) is -0.617. The molecule has 0 aromatic rings. The average molecular weight is 366 g/mol. The highest BCUT2D eigenvalue weighted by Crippen LogP contribution is 2.11. The molecule has 2 rings (SSSR count). The number of imide groups is 2. The van der Waals surface area contributed by atoms with Crippen molar-refractivity contribution in [3.05, 3.63) is 0 Å². The Balaban J connectivity index is 1.77. The largest absolute Gasteiger partial charge is 0.379 e. The Hall–Kier alpha value is -1.80. The molecule has 8 heteroatoms. The van der Waals surface area contributed by atoms with Gasteiger partial charge in [-0.05, 0) is 12.8 Å². The zero-order chi connectivity index (χ0) is 18.8. The molecule has 146 valence electrons. The van der Waals surface area contributed by atoms with Gasteiger partial charge in [0, 0.05) is 38.9 Å². The van der Waals surface area contributed by atoms with Gasteiger partial charge in [-0.25, -0.2) is 4.79 Å². The van der Waals surface area contributed by atoms with E-state index < -0.39 is 23.8 Å². The number of aliphatic imine (C=N–C) groups is 1. The number of nitrogens with one attached hydrogen (secondary N) is 1.